The molecule has 0 aliphatic heterocycles. The van der Waals surface area contributed by atoms with Crippen LogP contribution >= 0.6 is 0 Å². The van der Waals surface area contributed by atoms with Crippen molar-refractivity contribution in [1.29, 1.82) is 0 Å². The summed E-state index contributed by atoms with van der Waals surface area (Å²) in [6.07, 6.45) is 12.5. The fourth-order valence-corrected chi connectivity index (χ4v) is 7.04. The Morgan fingerprint density at radius 2 is 1.20 bits per heavy atom. The number of carbonyl (C=O) groups is 4. The number of aryl methyl sites for hydroxylation is 3. The van der Waals surface area contributed by atoms with Crippen molar-refractivity contribution < 1.29 is 44.0 Å². The Morgan fingerprint density at radius 3 is 1.73 bits per heavy atom. The highest BCUT2D eigenvalue weighted by Gasteiger charge is 2.31. The second-order valence-corrected chi connectivity index (χ2v) is 12.1. The van der Waals surface area contributed by atoms with Gasteiger partial charge in [0.2, 0.25) is 0 Å². The van der Waals surface area contributed by atoms with Crippen LogP contribution in [0.15, 0.2) is 24.3 Å². The minimum atomic E-state index is -1.06. The Hall–Kier alpha value is -5.55. The van der Waals surface area contributed by atoms with Crippen LogP contribution in [0.25, 0.3) is 21.8 Å². The molecule has 2 heterocycles. The molecule has 4 aromatic rings. The van der Waals surface area contributed by atoms with Gasteiger partial charge in [-0.05, 0) is 80.8 Å². The summed E-state index contributed by atoms with van der Waals surface area (Å²) in [5.74, 6) is 0.120. The zero-order valence-corrected chi connectivity index (χ0v) is 27.5. The topological polar surface area (TPSA) is 159 Å². The summed E-state index contributed by atoms with van der Waals surface area (Å²) in [6, 6.07) is 6.31. The van der Waals surface area contributed by atoms with Gasteiger partial charge in [0.15, 0.2) is 0 Å². The van der Waals surface area contributed by atoms with Gasteiger partial charge in [-0.1, -0.05) is 17.9 Å². The molecule has 0 aliphatic carbocycles. The van der Waals surface area contributed by atoms with E-state index in [1.165, 1.54) is 12.1 Å². The molecule has 11 heteroatoms. The van der Waals surface area contributed by atoms with Gasteiger partial charge in [0.05, 0.1) is 11.0 Å². The second kappa shape index (κ2) is 15.6. The third-order valence-corrected chi connectivity index (χ3v) is 9.13. The van der Waals surface area contributed by atoms with Crippen LogP contribution in [0.3, 0.4) is 0 Å². The summed E-state index contributed by atoms with van der Waals surface area (Å²) in [5.41, 5.74) is 5.35. The van der Waals surface area contributed by atoms with Crippen LogP contribution in [0, 0.1) is 44.4 Å². The summed E-state index contributed by atoms with van der Waals surface area (Å²) in [6.45, 7) is 4.19. The highest BCUT2D eigenvalue weighted by molar-refractivity contribution is 5.96. The zero-order chi connectivity index (χ0) is 36.0. The van der Waals surface area contributed by atoms with Crippen LogP contribution in [-0.4, -0.2) is 53.4 Å². The molecule has 0 bridgehead atoms. The molecule has 4 N–H and O–H groups in total. The molecule has 10 nitrogen and oxygen atoms in total. The Balaban J connectivity index is 2.11. The highest BCUT2D eigenvalue weighted by atomic mass is 19.1. The lowest BCUT2D eigenvalue weighted by molar-refractivity contribution is -0.138. The lowest BCUT2D eigenvalue weighted by Gasteiger charge is -2.21. The molecule has 0 saturated heterocycles. The van der Waals surface area contributed by atoms with E-state index < -0.39 is 35.6 Å². The summed E-state index contributed by atoms with van der Waals surface area (Å²) in [4.78, 5) is 46.3. The molecule has 256 valence electrons. The van der Waals surface area contributed by atoms with Gasteiger partial charge >= 0.3 is 23.9 Å². The monoisotopic (exact) mass is 670 g/mol. The summed E-state index contributed by atoms with van der Waals surface area (Å²) >= 11 is 0. The first kappa shape index (κ1) is 36.3. The molecule has 1 unspecified atom stereocenters. The number of carboxylic acids is 4. The number of hydrogen-bond acceptors (Lipinski definition) is 4. The zero-order valence-electron chi connectivity index (χ0n) is 27.5. The molecule has 0 aliphatic rings. The van der Waals surface area contributed by atoms with Crippen molar-refractivity contribution in [2.45, 2.75) is 90.6 Å². The molecule has 0 radical (unpaired) electrons. The molecule has 2 aromatic heterocycles. The average Bonchev–Trinajstić information content (AvgIpc) is 3.48. The molecule has 1 atom stereocenters. The third kappa shape index (κ3) is 7.62. The van der Waals surface area contributed by atoms with Crippen molar-refractivity contribution >= 4 is 45.7 Å². The summed E-state index contributed by atoms with van der Waals surface area (Å²) in [7, 11) is 0. The standard InChI is InChI=1S/C38H39FN2O8/c1-5-24-14-16-28(35-26(10-7-11-30(42)43)22(3)40(37(24)35)20-8-12-31(44)45)27(17-19-33(48)49)34-23(4)41(21-9-13-32(46)47)38-25(6-2)15-18-29(39)36(34)38/h1-2,14-16,18,27H,7-13,17,19-21H2,3-4H3,(H,42,43)(H,44,45)(H,46,47)(H,48,49). The van der Waals surface area contributed by atoms with Gasteiger partial charge in [0.1, 0.15) is 5.82 Å². The van der Waals surface area contributed by atoms with E-state index in [4.69, 9.17) is 12.8 Å². The largest absolute Gasteiger partial charge is 0.481 e. The van der Waals surface area contributed by atoms with Crippen molar-refractivity contribution in [2.75, 3.05) is 0 Å². The highest BCUT2D eigenvalue weighted by Crippen LogP contribution is 2.45. The Morgan fingerprint density at radius 1 is 0.714 bits per heavy atom. The van der Waals surface area contributed by atoms with E-state index in [-0.39, 0.29) is 50.5 Å². The summed E-state index contributed by atoms with van der Waals surface area (Å²) < 4.78 is 19.8. The molecule has 0 saturated carbocycles. The normalized spacial score (nSPS) is 11.8. The molecule has 4 rings (SSSR count). The first-order valence-electron chi connectivity index (χ1n) is 16.1. The van der Waals surface area contributed by atoms with Crippen molar-refractivity contribution in [1.82, 2.24) is 9.13 Å². The summed E-state index contributed by atoms with van der Waals surface area (Å²) in [5, 5.41) is 38.8. The second-order valence-electron chi connectivity index (χ2n) is 12.1. The minimum absolute atomic E-state index is 0.0619. The molecule has 49 heavy (non-hydrogen) atoms. The predicted molar refractivity (Wildman–Crippen MR) is 182 cm³/mol. The smallest absolute Gasteiger partial charge is 0.303 e. The number of halogens is 1. The van der Waals surface area contributed by atoms with Crippen LogP contribution in [-0.2, 0) is 38.7 Å². The van der Waals surface area contributed by atoms with Crippen LogP contribution in [0.2, 0.25) is 0 Å². The molecule has 0 fully saturated rings. The quantitative estimate of drug-likeness (QED) is 0.0934. The number of hydrogen-bond donors (Lipinski definition) is 4. The van der Waals surface area contributed by atoms with Gasteiger partial charge in [-0.2, -0.15) is 0 Å². The predicted octanol–water partition coefficient (Wildman–Crippen LogP) is 6.45. The Kier molecular flexibility index (Phi) is 11.5. The third-order valence-electron chi connectivity index (χ3n) is 9.13. The Bertz CT molecular complexity index is 2040. The van der Waals surface area contributed by atoms with E-state index in [0.717, 1.165) is 11.3 Å². The molecule has 0 amide bonds. The minimum Gasteiger partial charge on any atom is -0.481 e. The van der Waals surface area contributed by atoms with Crippen molar-refractivity contribution in [2.24, 2.45) is 0 Å². The van der Waals surface area contributed by atoms with Gasteiger partial charge in [-0.15, -0.1) is 12.8 Å². The van der Waals surface area contributed by atoms with E-state index in [1.807, 2.05) is 22.1 Å². The van der Waals surface area contributed by atoms with Crippen molar-refractivity contribution in [3.05, 3.63) is 69.3 Å². The first-order chi connectivity index (χ1) is 23.3. The number of nitrogens with zero attached hydrogens (tertiary/aromatic N) is 2. The fourth-order valence-electron chi connectivity index (χ4n) is 7.04. The number of rotatable bonds is 17. The number of fused-ring (bicyclic) bond motifs is 2. The van der Waals surface area contributed by atoms with Gasteiger partial charge in [-0.3, -0.25) is 19.2 Å². The van der Waals surface area contributed by atoms with Gasteiger partial charge in [-0.25, -0.2) is 4.39 Å². The van der Waals surface area contributed by atoms with E-state index in [2.05, 4.69) is 11.8 Å². The van der Waals surface area contributed by atoms with Crippen molar-refractivity contribution in [3.8, 4) is 24.7 Å². The molecular weight excluding hydrogens is 631 g/mol. The first-order valence-corrected chi connectivity index (χ1v) is 16.1. The van der Waals surface area contributed by atoms with Gasteiger partial charge in [0.25, 0.3) is 0 Å². The van der Waals surface area contributed by atoms with Gasteiger partial charge in [0, 0.05) is 78.0 Å². The fraction of sp³-hybridized carbons (Fsp3) is 0.368. The van der Waals surface area contributed by atoms with Crippen LogP contribution in [0.5, 0.6) is 0 Å². The lowest BCUT2D eigenvalue weighted by Crippen LogP contribution is -2.10. The number of carboxylic acid groups (broad SMARTS) is 4. The lowest BCUT2D eigenvalue weighted by atomic mass is 9.82. The number of aromatic nitrogens is 2. The maximum absolute atomic E-state index is 16.1. The average molecular weight is 671 g/mol. The van der Waals surface area contributed by atoms with Gasteiger partial charge < -0.3 is 29.6 Å². The van der Waals surface area contributed by atoms with E-state index in [9.17, 15) is 39.6 Å². The SMILES string of the molecule is C#Cc1ccc(C(CCC(=O)O)c2c(C)n(CCCC(=O)O)c3c(C#C)ccc(F)c23)c2c(CCCC(=O)O)c(C)n(CCCC(=O)O)c12. The molecule has 0 spiro atoms. The maximum atomic E-state index is 16.1. The van der Waals surface area contributed by atoms with Crippen LogP contribution < -0.4 is 0 Å². The van der Waals surface area contributed by atoms with E-state index in [0.29, 0.717) is 70.2 Å². The van der Waals surface area contributed by atoms with Crippen LogP contribution in [0.4, 0.5) is 4.39 Å². The van der Waals surface area contributed by atoms with E-state index in [1.54, 1.807) is 13.0 Å². The number of aliphatic carboxylic acids is 4. The van der Waals surface area contributed by atoms with Crippen molar-refractivity contribution in [3.63, 3.8) is 0 Å². The maximum Gasteiger partial charge on any atom is 0.303 e. The molecular formula is C38H39FN2O8. The number of terminal acetylenes is 2. The van der Waals surface area contributed by atoms with E-state index >= 15 is 4.39 Å². The molecule has 2 aromatic carbocycles. The van der Waals surface area contributed by atoms with Crippen LogP contribution in [0.1, 0.15) is 96.5 Å². The Labute approximate surface area is 283 Å². The number of benzene rings is 2.